The van der Waals surface area contributed by atoms with Crippen molar-refractivity contribution in [3.8, 4) is 6.07 Å². The molecule has 0 heterocycles. The molecule has 0 aliphatic heterocycles. The van der Waals surface area contributed by atoms with Gasteiger partial charge in [-0.1, -0.05) is 12.1 Å². The number of nitrogens with one attached hydrogen (secondary N) is 1. The summed E-state index contributed by atoms with van der Waals surface area (Å²) in [4.78, 5) is 0.865. The molecule has 0 aliphatic carbocycles. The van der Waals surface area contributed by atoms with Gasteiger partial charge < -0.3 is 0 Å². The first-order valence-electron chi connectivity index (χ1n) is 4.90. The topological polar surface area (TPSA) is 70.0 Å². The van der Waals surface area contributed by atoms with Crippen LogP contribution in [0.1, 0.15) is 13.8 Å². The minimum Gasteiger partial charge on any atom is -0.207 e. The average Bonchev–Trinajstić information content (AvgIpc) is 2.28. The summed E-state index contributed by atoms with van der Waals surface area (Å²) in [6.45, 7) is 3.04. The van der Waals surface area contributed by atoms with E-state index in [-0.39, 0.29) is 4.90 Å². The van der Waals surface area contributed by atoms with E-state index in [0.29, 0.717) is 4.90 Å². The van der Waals surface area contributed by atoms with Crippen molar-refractivity contribution in [2.24, 2.45) is 0 Å². The number of hydrogen-bond donors (Lipinski definition) is 1. The lowest BCUT2D eigenvalue weighted by molar-refractivity contribution is 0.534. The highest BCUT2D eigenvalue weighted by atomic mass is 32.2. The van der Waals surface area contributed by atoms with Crippen LogP contribution < -0.4 is 4.72 Å². The number of thioether (sulfide) groups is 1. The second-order valence-corrected chi connectivity index (χ2v) is 6.49. The second kappa shape index (κ2) is 5.08. The average molecular weight is 270 g/mol. The molecule has 1 aromatic rings. The molecule has 0 saturated heterocycles. The van der Waals surface area contributed by atoms with E-state index in [1.165, 1.54) is 31.7 Å². The zero-order valence-electron chi connectivity index (χ0n) is 9.89. The molecule has 0 unspecified atom stereocenters. The van der Waals surface area contributed by atoms with Crippen molar-refractivity contribution in [1.29, 1.82) is 5.26 Å². The Morgan fingerprint density at radius 2 is 1.94 bits per heavy atom. The normalized spacial score (nSPS) is 12.1. The van der Waals surface area contributed by atoms with E-state index in [1.807, 2.05) is 12.3 Å². The monoisotopic (exact) mass is 270 g/mol. The van der Waals surface area contributed by atoms with Crippen LogP contribution in [0.3, 0.4) is 0 Å². The van der Waals surface area contributed by atoms with E-state index in [9.17, 15) is 8.42 Å². The molecule has 92 valence electrons. The van der Waals surface area contributed by atoms with E-state index in [2.05, 4.69) is 4.72 Å². The summed E-state index contributed by atoms with van der Waals surface area (Å²) in [5.41, 5.74) is -1.12. The van der Waals surface area contributed by atoms with Crippen LogP contribution in [0.2, 0.25) is 0 Å². The smallest absolute Gasteiger partial charge is 0.207 e. The van der Waals surface area contributed by atoms with Gasteiger partial charge in [-0.2, -0.15) is 9.98 Å². The standard InChI is InChI=1S/C11H14N2O2S2/c1-11(2,8-12)13-17(14,15)10-7-5-4-6-9(10)16-3/h4-7,13H,1-3H3. The molecule has 0 aliphatic rings. The van der Waals surface area contributed by atoms with Crippen molar-refractivity contribution in [2.45, 2.75) is 29.2 Å². The third-order valence-electron chi connectivity index (χ3n) is 2.03. The van der Waals surface area contributed by atoms with Gasteiger partial charge in [0.25, 0.3) is 0 Å². The number of benzene rings is 1. The second-order valence-electron chi connectivity index (χ2n) is 3.99. The number of rotatable bonds is 4. The summed E-state index contributed by atoms with van der Waals surface area (Å²) in [6.07, 6.45) is 1.81. The molecule has 6 heteroatoms. The summed E-state index contributed by atoms with van der Waals surface area (Å²) in [7, 11) is -3.67. The van der Waals surface area contributed by atoms with E-state index in [0.717, 1.165) is 0 Å². The first-order valence-corrected chi connectivity index (χ1v) is 7.61. The lowest BCUT2D eigenvalue weighted by Gasteiger charge is -2.18. The number of nitriles is 1. The molecule has 0 amide bonds. The van der Waals surface area contributed by atoms with Crippen molar-refractivity contribution < 1.29 is 8.42 Å². The van der Waals surface area contributed by atoms with Gasteiger partial charge in [-0.3, -0.25) is 0 Å². The van der Waals surface area contributed by atoms with Gasteiger partial charge in [0.1, 0.15) is 5.54 Å². The van der Waals surface area contributed by atoms with Crippen LogP contribution in [-0.4, -0.2) is 20.2 Å². The van der Waals surface area contributed by atoms with Crippen molar-refractivity contribution in [2.75, 3.05) is 6.26 Å². The van der Waals surface area contributed by atoms with Gasteiger partial charge in [-0.15, -0.1) is 11.8 Å². The van der Waals surface area contributed by atoms with Crippen LogP contribution in [0.5, 0.6) is 0 Å². The van der Waals surface area contributed by atoms with E-state index >= 15 is 0 Å². The van der Waals surface area contributed by atoms with Gasteiger partial charge in [0.15, 0.2) is 0 Å². The highest BCUT2D eigenvalue weighted by Gasteiger charge is 2.27. The SMILES string of the molecule is CSc1ccccc1S(=O)(=O)NC(C)(C)C#N. The summed E-state index contributed by atoms with van der Waals surface area (Å²) in [6, 6.07) is 8.61. The van der Waals surface area contributed by atoms with Crippen molar-refractivity contribution in [3.63, 3.8) is 0 Å². The fraction of sp³-hybridized carbons (Fsp3) is 0.364. The van der Waals surface area contributed by atoms with Gasteiger partial charge in [0.05, 0.1) is 11.0 Å². The predicted molar refractivity (Wildman–Crippen MR) is 68.2 cm³/mol. The minimum atomic E-state index is -3.67. The molecule has 0 saturated carbocycles. The van der Waals surface area contributed by atoms with Crippen LogP contribution in [-0.2, 0) is 10.0 Å². The maximum absolute atomic E-state index is 12.1. The molecular weight excluding hydrogens is 256 g/mol. The summed E-state index contributed by atoms with van der Waals surface area (Å²) in [5.74, 6) is 0. The Hall–Kier alpha value is -1.03. The van der Waals surface area contributed by atoms with Crippen molar-refractivity contribution in [3.05, 3.63) is 24.3 Å². The van der Waals surface area contributed by atoms with Crippen LogP contribution in [0.15, 0.2) is 34.1 Å². The molecule has 0 aromatic heterocycles. The van der Waals surface area contributed by atoms with Crippen molar-refractivity contribution >= 4 is 21.8 Å². The van der Waals surface area contributed by atoms with Gasteiger partial charge in [-0.05, 0) is 32.2 Å². The first-order chi connectivity index (χ1) is 7.82. The molecule has 0 fully saturated rings. The lowest BCUT2D eigenvalue weighted by atomic mass is 10.1. The molecule has 1 rings (SSSR count). The predicted octanol–water partition coefficient (Wildman–Crippen LogP) is 1.99. The van der Waals surface area contributed by atoms with Crippen LogP contribution in [0.4, 0.5) is 0 Å². The van der Waals surface area contributed by atoms with Crippen LogP contribution in [0.25, 0.3) is 0 Å². The Bertz CT molecular complexity index is 545. The van der Waals surface area contributed by atoms with E-state index < -0.39 is 15.6 Å². The quantitative estimate of drug-likeness (QED) is 0.849. The maximum atomic E-state index is 12.1. The molecular formula is C11H14N2O2S2. The Morgan fingerprint density at radius 1 is 1.35 bits per heavy atom. The van der Waals surface area contributed by atoms with Gasteiger partial charge in [0, 0.05) is 4.90 Å². The highest BCUT2D eigenvalue weighted by Crippen LogP contribution is 2.24. The Morgan fingerprint density at radius 3 is 2.47 bits per heavy atom. The third-order valence-corrected chi connectivity index (χ3v) is 4.67. The molecule has 0 atom stereocenters. The Kier molecular flexibility index (Phi) is 4.20. The van der Waals surface area contributed by atoms with E-state index in [4.69, 9.17) is 5.26 Å². The fourth-order valence-corrected chi connectivity index (χ4v) is 3.74. The Balaban J connectivity index is 3.20. The summed E-state index contributed by atoms with van der Waals surface area (Å²) < 4.78 is 26.6. The number of sulfonamides is 1. The number of hydrogen-bond acceptors (Lipinski definition) is 4. The van der Waals surface area contributed by atoms with Gasteiger partial charge in [-0.25, -0.2) is 8.42 Å². The van der Waals surface area contributed by atoms with Gasteiger partial charge >= 0.3 is 0 Å². The summed E-state index contributed by atoms with van der Waals surface area (Å²) in [5, 5.41) is 8.85. The van der Waals surface area contributed by atoms with E-state index in [1.54, 1.807) is 18.2 Å². The Labute approximate surface area is 106 Å². The molecule has 1 aromatic carbocycles. The summed E-state index contributed by atoms with van der Waals surface area (Å²) >= 11 is 1.35. The fourth-order valence-electron chi connectivity index (χ4n) is 1.25. The maximum Gasteiger partial charge on any atom is 0.243 e. The van der Waals surface area contributed by atoms with Crippen molar-refractivity contribution in [1.82, 2.24) is 4.72 Å². The number of nitrogens with zero attached hydrogens (tertiary/aromatic N) is 1. The minimum absolute atomic E-state index is 0.204. The highest BCUT2D eigenvalue weighted by molar-refractivity contribution is 7.99. The third kappa shape index (κ3) is 3.46. The first kappa shape index (κ1) is 14.0. The lowest BCUT2D eigenvalue weighted by Crippen LogP contribution is -2.42. The van der Waals surface area contributed by atoms with Gasteiger partial charge in [0.2, 0.25) is 10.0 Å². The molecule has 1 N–H and O–H groups in total. The molecule has 17 heavy (non-hydrogen) atoms. The molecule has 4 nitrogen and oxygen atoms in total. The van der Waals surface area contributed by atoms with Crippen LogP contribution in [0, 0.1) is 11.3 Å². The molecule has 0 spiro atoms. The molecule has 0 radical (unpaired) electrons. The largest absolute Gasteiger partial charge is 0.243 e. The zero-order valence-corrected chi connectivity index (χ0v) is 11.5. The van der Waals surface area contributed by atoms with Crippen LogP contribution >= 0.6 is 11.8 Å². The zero-order chi connectivity index (χ0) is 13.1. The molecule has 0 bridgehead atoms.